The molecule has 1 aromatic heterocycles. The van der Waals surface area contributed by atoms with E-state index in [1.165, 1.54) is 11.3 Å². The van der Waals surface area contributed by atoms with Gasteiger partial charge in [-0.15, -0.1) is 5.10 Å². The topological polar surface area (TPSA) is 59.3 Å². The fourth-order valence-corrected chi connectivity index (χ4v) is 4.37. The summed E-state index contributed by atoms with van der Waals surface area (Å²) in [7, 11) is 1.68. The van der Waals surface area contributed by atoms with Crippen LogP contribution in [0.4, 0.5) is 5.69 Å². The third-order valence-electron chi connectivity index (χ3n) is 5.87. The van der Waals surface area contributed by atoms with Gasteiger partial charge in [0.15, 0.2) is 5.82 Å². The van der Waals surface area contributed by atoms with E-state index in [1.807, 2.05) is 22.9 Å². The molecule has 1 saturated heterocycles. The highest BCUT2D eigenvalue weighted by atomic mass is 35.5. The van der Waals surface area contributed by atoms with E-state index >= 15 is 0 Å². The van der Waals surface area contributed by atoms with Crippen molar-refractivity contribution >= 4 is 17.3 Å². The average molecular weight is 441 g/mol. The van der Waals surface area contributed by atoms with E-state index in [4.69, 9.17) is 16.3 Å². The van der Waals surface area contributed by atoms with E-state index < -0.39 is 0 Å². The van der Waals surface area contributed by atoms with Crippen LogP contribution in [0.5, 0.6) is 5.75 Å². The van der Waals surface area contributed by atoms with Crippen molar-refractivity contribution in [1.29, 1.82) is 0 Å². The van der Waals surface area contributed by atoms with Crippen molar-refractivity contribution in [2.75, 3.05) is 38.2 Å². The first-order valence-corrected chi connectivity index (χ1v) is 11.0. The molecule has 0 radical (unpaired) electrons. The van der Waals surface area contributed by atoms with Gasteiger partial charge in [-0.2, -0.15) is 0 Å². The predicted molar refractivity (Wildman–Crippen MR) is 123 cm³/mol. The molecule has 1 atom stereocenters. The first kappa shape index (κ1) is 21.6. The van der Waals surface area contributed by atoms with Crippen molar-refractivity contribution in [2.24, 2.45) is 0 Å². The zero-order chi connectivity index (χ0) is 22.0. The van der Waals surface area contributed by atoms with E-state index in [2.05, 4.69) is 70.4 Å². The molecule has 2 heterocycles. The van der Waals surface area contributed by atoms with Gasteiger partial charge in [0.1, 0.15) is 5.75 Å². The minimum Gasteiger partial charge on any atom is -0.497 e. The molecule has 0 unspecified atom stereocenters. The van der Waals surface area contributed by atoms with Crippen LogP contribution in [0.15, 0.2) is 42.5 Å². The second-order valence-corrected chi connectivity index (χ2v) is 8.64. The maximum Gasteiger partial charge on any atom is 0.173 e. The Kier molecular flexibility index (Phi) is 6.43. The number of anilines is 1. The van der Waals surface area contributed by atoms with Crippen LogP contribution in [0.1, 0.15) is 42.9 Å². The summed E-state index contributed by atoms with van der Waals surface area (Å²) in [6, 6.07) is 14.5. The summed E-state index contributed by atoms with van der Waals surface area (Å²) >= 11 is 6.26. The number of tetrazole rings is 1. The standard InChI is InChI=1S/C23H29ClN6O/c1-16(2)30-23(25-26-27-30)22(18-6-9-20(31-4)10-7-18)29-13-11-28(12-14-29)21-15-19(24)8-5-17(21)3/h5-10,15-16,22H,11-14H2,1-4H3/t22-/m1/s1. The van der Waals surface area contributed by atoms with Crippen molar-refractivity contribution in [3.8, 4) is 5.75 Å². The Bertz CT molecular complexity index is 1010. The minimum atomic E-state index is -0.0223. The Morgan fingerprint density at radius 3 is 2.35 bits per heavy atom. The molecule has 31 heavy (non-hydrogen) atoms. The van der Waals surface area contributed by atoms with E-state index in [0.717, 1.165) is 48.3 Å². The fraction of sp³-hybridized carbons (Fsp3) is 0.435. The molecule has 1 fully saturated rings. The normalized spacial score (nSPS) is 16.0. The average Bonchev–Trinajstić information content (AvgIpc) is 3.26. The summed E-state index contributed by atoms with van der Waals surface area (Å²) in [5.41, 5.74) is 3.61. The molecular weight excluding hydrogens is 412 g/mol. The van der Waals surface area contributed by atoms with Gasteiger partial charge in [0.2, 0.25) is 0 Å². The summed E-state index contributed by atoms with van der Waals surface area (Å²) < 4.78 is 7.27. The van der Waals surface area contributed by atoms with E-state index in [9.17, 15) is 0 Å². The van der Waals surface area contributed by atoms with Crippen LogP contribution in [-0.4, -0.2) is 58.4 Å². The highest BCUT2D eigenvalue weighted by Crippen LogP contribution is 2.32. The Balaban J connectivity index is 1.62. The number of aryl methyl sites for hydroxylation is 1. The molecule has 164 valence electrons. The number of nitrogens with zero attached hydrogens (tertiary/aromatic N) is 6. The zero-order valence-corrected chi connectivity index (χ0v) is 19.3. The number of aromatic nitrogens is 4. The molecule has 0 amide bonds. The number of rotatable bonds is 6. The molecule has 0 spiro atoms. The lowest BCUT2D eigenvalue weighted by atomic mass is 10.0. The predicted octanol–water partition coefficient (Wildman–Crippen LogP) is 4.14. The molecule has 1 aliphatic rings. The van der Waals surface area contributed by atoms with Crippen molar-refractivity contribution < 1.29 is 4.74 Å². The maximum absolute atomic E-state index is 6.26. The minimum absolute atomic E-state index is 0.0223. The summed E-state index contributed by atoms with van der Waals surface area (Å²) in [6.07, 6.45) is 0. The monoisotopic (exact) mass is 440 g/mol. The lowest BCUT2D eigenvalue weighted by Gasteiger charge is -2.40. The number of hydrogen-bond donors (Lipinski definition) is 0. The van der Waals surface area contributed by atoms with Gasteiger partial charge >= 0.3 is 0 Å². The molecule has 0 N–H and O–H groups in total. The number of methoxy groups -OCH3 is 1. The molecular formula is C23H29ClN6O. The Morgan fingerprint density at radius 1 is 1.00 bits per heavy atom. The van der Waals surface area contributed by atoms with Crippen molar-refractivity contribution in [3.63, 3.8) is 0 Å². The first-order valence-electron chi connectivity index (χ1n) is 10.6. The molecule has 0 bridgehead atoms. The van der Waals surface area contributed by atoms with Crippen LogP contribution in [0.3, 0.4) is 0 Å². The number of halogens is 1. The van der Waals surface area contributed by atoms with Gasteiger partial charge in [0.25, 0.3) is 0 Å². The SMILES string of the molecule is COc1ccc([C@H](c2nnnn2C(C)C)N2CCN(c3cc(Cl)ccc3C)CC2)cc1. The second-order valence-electron chi connectivity index (χ2n) is 8.20. The highest BCUT2D eigenvalue weighted by Gasteiger charge is 2.31. The van der Waals surface area contributed by atoms with Gasteiger partial charge in [0.05, 0.1) is 19.2 Å². The smallest absolute Gasteiger partial charge is 0.173 e. The Morgan fingerprint density at radius 2 is 1.71 bits per heavy atom. The van der Waals surface area contributed by atoms with Gasteiger partial charge in [-0.25, -0.2) is 4.68 Å². The molecule has 0 aliphatic carbocycles. The number of ether oxygens (including phenoxy) is 1. The molecule has 8 heteroatoms. The van der Waals surface area contributed by atoms with E-state index in [1.54, 1.807) is 7.11 Å². The van der Waals surface area contributed by atoms with Gasteiger partial charge in [-0.1, -0.05) is 29.8 Å². The van der Waals surface area contributed by atoms with Crippen LogP contribution in [0.25, 0.3) is 0 Å². The molecule has 1 aliphatic heterocycles. The maximum atomic E-state index is 6.26. The fourth-order valence-electron chi connectivity index (χ4n) is 4.20. The van der Waals surface area contributed by atoms with Crippen molar-refractivity contribution in [3.05, 3.63) is 64.4 Å². The first-order chi connectivity index (χ1) is 15.0. The second kappa shape index (κ2) is 9.24. The van der Waals surface area contributed by atoms with E-state index in [-0.39, 0.29) is 12.1 Å². The molecule has 4 rings (SSSR count). The molecule has 0 saturated carbocycles. The molecule has 7 nitrogen and oxygen atoms in total. The third-order valence-corrected chi connectivity index (χ3v) is 6.11. The third kappa shape index (κ3) is 4.52. The zero-order valence-electron chi connectivity index (χ0n) is 18.5. The summed E-state index contributed by atoms with van der Waals surface area (Å²) in [5, 5.41) is 13.4. The summed E-state index contributed by atoms with van der Waals surface area (Å²) in [6.45, 7) is 9.96. The van der Waals surface area contributed by atoms with Crippen molar-refractivity contribution in [1.82, 2.24) is 25.1 Å². The van der Waals surface area contributed by atoms with Gasteiger partial charge < -0.3 is 9.64 Å². The van der Waals surface area contributed by atoms with Gasteiger partial charge in [-0.05, 0) is 66.6 Å². The van der Waals surface area contributed by atoms with E-state index in [0.29, 0.717) is 0 Å². The summed E-state index contributed by atoms with van der Waals surface area (Å²) in [5.74, 6) is 1.71. The van der Waals surface area contributed by atoms with Crippen LogP contribution in [0, 0.1) is 6.92 Å². The largest absolute Gasteiger partial charge is 0.497 e. The van der Waals surface area contributed by atoms with Crippen molar-refractivity contribution in [2.45, 2.75) is 32.9 Å². The number of piperazine rings is 1. The quantitative estimate of drug-likeness (QED) is 0.574. The van der Waals surface area contributed by atoms with Gasteiger partial charge in [-0.3, -0.25) is 4.90 Å². The lowest BCUT2D eigenvalue weighted by molar-refractivity contribution is 0.199. The Labute approximate surface area is 188 Å². The van der Waals surface area contributed by atoms with Crippen LogP contribution in [0.2, 0.25) is 5.02 Å². The van der Waals surface area contributed by atoms with Gasteiger partial charge in [0, 0.05) is 36.9 Å². The molecule has 2 aromatic carbocycles. The lowest BCUT2D eigenvalue weighted by Crippen LogP contribution is -2.48. The highest BCUT2D eigenvalue weighted by molar-refractivity contribution is 6.30. The summed E-state index contributed by atoms with van der Waals surface area (Å²) in [4.78, 5) is 4.87. The van der Waals surface area contributed by atoms with Crippen LogP contribution >= 0.6 is 11.6 Å². The molecule has 3 aromatic rings. The van der Waals surface area contributed by atoms with Crippen LogP contribution in [-0.2, 0) is 0 Å². The number of hydrogen-bond acceptors (Lipinski definition) is 6. The Hall–Kier alpha value is -2.64. The van der Waals surface area contributed by atoms with Crippen LogP contribution < -0.4 is 9.64 Å². The number of benzene rings is 2.